The number of benzene rings is 1. The maximum atomic E-state index is 14.6. The van der Waals surface area contributed by atoms with E-state index in [4.69, 9.17) is 23.7 Å². The number of amides is 1. The summed E-state index contributed by atoms with van der Waals surface area (Å²) in [5.41, 5.74) is 2.17. The van der Waals surface area contributed by atoms with Gasteiger partial charge in [0.15, 0.2) is 0 Å². The fourth-order valence-electron chi connectivity index (χ4n) is 6.73. The van der Waals surface area contributed by atoms with Crippen molar-refractivity contribution in [3.8, 4) is 11.6 Å². The molecule has 0 unspecified atom stereocenters. The van der Waals surface area contributed by atoms with Crippen LogP contribution in [0.5, 0.6) is 11.6 Å². The molecule has 254 valence electrons. The van der Waals surface area contributed by atoms with Gasteiger partial charge < -0.3 is 28.6 Å². The van der Waals surface area contributed by atoms with Gasteiger partial charge in [-0.1, -0.05) is 47.6 Å². The van der Waals surface area contributed by atoms with Crippen LogP contribution in [0.15, 0.2) is 36.5 Å². The molecule has 46 heavy (non-hydrogen) atoms. The van der Waals surface area contributed by atoms with Crippen molar-refractivity contribution in [2.24, 2.45) is 11.3 Å². The van der Waals surface area contributed by atoms with Crippen LogP contribution in [0.3, 0.4) is 0 Å². The largest absolute Gasteiger partial charge is 0.496 e. The van der Waals surface area contributed by atoms with Crippen LogP contribution < -0.4 is 9.47 Å². The number of rotatable bonds is 10. The Morgan fingerprint density at radius 1 is 1.09 bits per heavy atom. The molecule has 2 aromatic rings. The Morgan fingerprint density at radius 3 is 2.41 bits per heavy atom. The number of pyridine rings is 1. The first kappa shape index (κ1) is 35.7. The van der Waals surface area contributed by atoms with Crippen molar-refractivity contribution in [1.82, 2.24) is 9.88 Å². The molecule has 2 aliphatic heterocycles. The molecule has 9 nitrogen and oxygen atoms in total. The Balaban J connectivity index is 1.92. The zero-order chi connectivity index (χ0) is 33.8. The Bertz CT molecular complexity index is 1340. The van der Waals surface area contributed by atoms with Crippen LogP contribution >= 0.6 is 0 Å². The van der Waals surface area contributed by atoms with Crippen LogP contribution in [0.4, 0.5) is 0 Å². The molecule has 4 rings (SSSR count). The number of esters is 1. The molecule has 0 aliphatic carbocycles. The fraction of sp³-hybridized carbons (Fsp3) is 0.649. The first-order valence-corrected chi connectivity index (χ1v) is 16.7. The number of carbonyl (C=O) groups is 2. The number of nitrogens with zero attached hydrogens (tertiary/aromatic N) is 2. The lowest BCUT2D eigenvalue weighted by Gasteiger charge is -2.36. The molecule has 1 amide bonds. The third kappa shape index (κ3) is 7.85. The van der Waals surface area contributed by atoms with Crippen molar-refractivity contribution in [1.29, 1.82) is 0 Å². The van der Waals surface area contributed by atoms with Crippen molar-refractivity contribution in [3.63, 3.8) is 0 Å². The Kier molecular flexibility index (Phi) is 11.4. The number of likely N-dealkylation sites (tertiary alicyclic amines) is 1. The second-order valence-corrected chi connectivity index (χ2v) is 14.8. The van der Waals surface area contributed by atoms with Gasteiger partial charge in [-0.25, -0.2) is 9.78 Å². The highest BCUT2D eigenvalue weighted by molar-refractivity contribution is 5.89. The van der Waals surface area contributed by atoms with Crippen molar-refractivity contribution < 1.29 is 33.3 Å². The van der Waals surface area contributed by atoms with Gasteiger partial charge in [0.2, 0.25) is 5.88 Å². The minimum absolute atomic E-state index is 0.0815. The molecule has 0 saturated carbocycles. The number of aromatic nitrogens is 1. The van der Waals surface area contributed by atoms with Crippen molar-refractivity contribution in [2.45, 2.75) is 124 Å². The Labute approximate surface area is 275 Å². The summed E-state index contributed by atoms with van der Waals surface area (Å²) in [6.45, 7) is 19.3. The van der Waals surface area contributed by atoms with Crippen LogP contribution in [0.1, 0.15) is 104 Å². The van der Waals surface area contributed by atoms with E-state index in [0.29, 0.717) is 30.2 Å². The predicted octanol–water partition coefficient (Wildman–Crippen LogP) is 6.81. The van der Waals surface area contributed by atoms with E-state index in [1.807, 2.05) is 32.0 Å². The summed E-state index contributed by atoms with van der Waals surface area (Å²) in [5.74, 6) is -0.0125. The van der Waals surface area contributed by atoms with Gasteiger partial charge in [0.1, 0.15) is 17.9 Å². The maximum Gasteiger partial charge on any atom is 0.329 e. The lowest BCUT2D eigenvalue weighted by Crippen LogP contribution is -2.51. The number of hydrogen-bond donors (Lipinski definition) is 0. The van der Waals surface area contributed by atoms with Gasteiger partial charge in [0.25, 0.3) is 5.91 Å². The minimum atomic E-state index is -0.914. The summed E-state index contributed by atoms with van der Waals surface area (Å²) in [6, 6.07) is 8.30. The van der Waals surface area contributed by atoms with Crippen LogP contribution in [0.2, 0.25) is 0 Å². The smallest absolute Gasteiger partial charge is 0.329 e. The maximum absolute atomic E-state index is 14.6. The summed E-state index contributed by atoms with van der Waals surface area (Å²) in [4.78, 5) is 35.0. The summed E-state index contributed by atoms with van der Waals surface area (Å²) in [7, 11) is 1.65. The van der Waals surface area contributed by atoms with E-state index in [9.17, 15) is 9.59 Å². The van der Waals surface area contributed by atoms with Gasteiger partial charge in [-0.3, -0.25) is 4.79 Å². The molecule has 5 atom stereocenters. The molecule has 0 radical (unpaired) electrons. The molecular formula is C37H54N2O7. The zero-order valence-electron chi connectivity index (χ0n) is 29.4. The molecule has 2 aliphatic rings. The van der Waals surface area contributed by atoms with Gasteiger partial charge in [-0.2, -0.15) is 0 Å². The van der Waals surface area contributed by atoms with Crippen LogP contribution in [0, 0.1) is 11.3 Å². The minimum Gasteiger partial charge on any atom is -0.496 e. The lowest BCUT2D eigenvalue weighted by molar-refractivity contribution is -0.162. The summed E-state index contributed by atoms with van der Waals surface area (Å²) in [5, 5.41) is 0. The first-order valence-electron chi connectivity index (χ1n) is 16.7. The molecule has 2 fully saturated rings. The fourth-order valence-corrected chi connectivity index (χ4v) is 6.73. The Hall–Kier alpha value is -3.17. The lowest BCUT2D eigenvalue weighted by atomic mass is 9.73. The first-order chi connectivity index (χ1) is 21.7. The van der Waals surface area contributed by atoms with E-state index in [1.165, 1.54) is 0 Å². The van der Waals surface area contributed by atoms with Crippen LogP contribution in [0.25, 0.3) is 0 Å². The van der Waals surface area contributed by atoms with Crippen molar-refractivity contribution in [3.05, 3.63) is 53.2 Å². The standard InChI is InChI=1S/C37H54N2O7/c1-11-43-35(41)31-29(37(7,8)9)32(45-22-24-21-25(36(4,5)6)17-18-27(24)42-10)30(26-15-14-19-38-33(26)46-23(2)3)39(31)34(40)28-16-12-13-20-44-28/h14-15,17-19,21,23,28-32H,11-13,16,20,22H2,1-10H3/t28-,29+,30-,31-,32-/m0/s1. The molecular weight excluding hydrogens is 584 g/mol. The summed E-state index contributed by atoms with van der Waals surface area (Å²) < 4.78 is 30.7. The molecule has 0 spiro atoms. The molecule has 1 aromatic carbocycles. The number of hydrogen-bond acceptors (Lipinski definition) is 8. The zero-order valence-corrected chi connectivity index (χ0v) is 29.4. The molecule has 9 heteroatoms. The average molecular weight is 639 g/mol. The monoisotopic (exact) mass is 638 g/mol. The molecule has 0 N–H and O–H groups in total. The third-order valence-electron chi connectivity index (χ3n) is 8.89. The molecule has 1 aromatic heterocycles. The highest BCUT2D eigenvalue weighted by atomic mass is 16.5. The highest BCUT2D eigenvalue weighted by Gasteiger charge is 2.60. The van der Waals surface area contributed by atoms with Gasteiger partial charge in [-0.15, -0.1) is 0 Å². The summed E-state index contributed by atoms with van der Waals surface area (Å²) in [6.07, 6.45) is 2.59. The van der Waals surface area contributed by atoms with Gasteiger partial charge in [0.05, 0.1) is 38.6 Å². The average Bonchev–Trinajstić information content (AvgIpc) is 3.35. The summed E-state index contributed by atoms with van der Waals surface area (Å²) >= 11 is 0. The van der Waals surface area contributed by atoms with Gasteiger partial charge in [-0.05, 0) is 80.7 Å². The van der Waals surface area contributed by atoms with Crippen molar-refractivity contribution >= 4 is 11.9 Å². The predicted molar refractivity (Wildman–Crippen MR) is 177 cm³/mol. The molecule has 0 bridgehead atoms. The van der Waals surface area contributed by atoms with Gasteiger partial charge in [0, 0.05) is 29.8 Å². The quantitative estimate of drug-likeness (QED) is 0.262. The van der Waals surface area contributed by atoms with E-state index < -0.39 is 41.6 Å². The highest BCUT2D eigenvalue weighted by Crippen LogP contribution is 2.52. The van der Waals surface area contributed by atoms with Crippen LogP contribution in [-0.2, 0) is 35.8 Å². The van der Waals surface area contributed by atoms with Crippen molar-refractivity contribution in [2.75, 3.05) is 20.3 Å². The topological polar surface area (TPSA) is 96.4 Å². The second kappa shape index (κ2) is 14.7. The third-order valence-corrected chi connectivity index (χ3v) is 8.89. The molecule has 3 heterocycles. The normalized spacial score (nSPS) is 23.8. The Morgan fingerprint density at radius 2 is 1.83 bits per heavy atom. The molecule has 2 saturated heterocycles. The van der Waals surface area contributed by atoms with E-state index in [2.05, 4.69) is 58.7 Å². The van der Waals surface area contributed by atoms with Crippen LogP contribution in [-0.4, -0.2) is 66.4 Å². The number of carbonyl (C=O) groups excluding carboxylic acids is 2. The SMILES string of the molecule is CCOC(=O)[C@@H]1[C@@H](C(C)(C)C)[C@H](OCc2cc(C(C)(C)C)ccc2OC)[C@H](c2cccnc2OC(C)C)N1C(=O)[C@@H]1CCCCO1. The van der Waals surface area contributed by atoms with E-state index in [0.717, 1.165) is 24.0 Å². The number of ether oxygens (including phenoxy) is 5. The number of methoxy groups -OCH3 is 1. The van der Waals surface area contributed by atoms with E-state index >= 15 is 0 Å². The second-order valence-electron chi connectivity index (χ2n) is 14.8. The van der Waals surface area contributed by atoms with E-state index in [-0.39, 0.29) is 30.6 Å². The van der Waals surface area contributed by atoms with E-state index in [1.54, 1.807) is 25.1 Å². The van der Waals surface area contributed by atoms with Gasteiger partial charge >= 0.3 is 5.97 Å².